The van der Waals surface area contributed by atoms with Gasteiger partial charge in [-0.15, -0.1) is 0 Å². The van der Waals surface area contributed by atoms with Crippen molar-refractivity contribution in [2.45, 2.75) is 40.2 Å². The molecule has 0 aliphatic rings. The van der Waals surface area contributed by atoms with Gasteiger partial charge in [0, 0.05) is 6.04 Å². The number of rotatable bonds is 4. The van der Waals surface area contributed by atoms with E-state index in [2.05, 4.69) is 76.5 Å². The minimum absolute atomic E-state index is 0.371. The first-order chi connectivity index (χ1) is 9.52. The lowest BCUT2D eigenvalue weighted by molar-refractivity contribution is 0.587. The van der Waals surface area contributed by atoms with Crippen molar-refractivity contribution in [2.24, 2.45) is 0 Å². The van der Waals surface area contributed by atoms with Gasteiger partial charge in [0.1, 0.15) is 0 Å². The molecule has 2 aromatic rings. The number of hydrogen-bond donors (Lipinski definition) is 1. The fraction of sp³-hybridized carbons (Fsp3) is 0.368. The van der Waals surface area contributed by atoms with Crippen LogP contribution in [0.4, 0.5) is 0 Å². The van der Waals surface area contributed by atoms with Gasteiger partial charge in [0.15, 0.2) is 0 Å². The zero-order valence-corrected chi connectivity index (χ0v) is 13.2. The third-order valence-electron chi connectivity index (χ3n) is 4.30. The van der Waals surface area contributed by atoms with Crippen molar-refractivity contribution in [3.63, 3.8) is 0 Å². The van der Waals surface area contributed by atoms with Crippen molar-refractivity contribution >= 4 is 0 Å². The number of nitrogens with one attached hydrogen (secondary N) is 1. The van der Waals surface area contributed by atoms with Gasteiger partial charge >= 0.3 is 0 Å². The average Bonchev–Trinajstić information content (AvgIpc) is 2.43. The molecule has 0 fully saturated rings. The summed E-state index contributed by atoms with van der Waals surface area (Å²) in [5.41, 5.74) is 8.32. The third-order valence-corrected chi connectivity index (χ3v) is 4.30. The average molecular weight is 267 g/mol. The van der Waals surface area contributed by atoms with Gasteiger partial charge in [-0.1, -0.05) is 42.0 Å². The number of benzene rings is 2. The first kappa shape index (κ1) is 14.8. The zero-order valence-electron chi connectivity index (χ0n) is 13.2. The van der Waals surface area contributed by atoms with E-state index in [9.17, 15) is 0 Å². The second-order valence-electron chi connectivity index (χ2n) is 5.76. The molecule has 0 aromatic heterocycles. The second kappa shape index (κ2) is 6.23. The van der Waals surface area contributed by atoms with Gasteiger partial charge in [-0.3, -0.25) is 0 Å². The van der Waals surface area contributed by atoms with Crippen LogP contribution in [0.1, 0.15) is 39.4 Å². The maximum Gasteiger partial charge on any atom is 0.0361 e. The summed E-state index contributed by atoms with van der Waals surface area (Å²) in [7, 11) is 2.05. The van der Waals surface area contributed by atoms with Crippen molar-refractivity contribution in [3.8, 4) is 0 Å². The van der Waals surface area contributed by atoms with E-state index in [0.717, 1.165) is 6.42 Å². The van der Waals surface area contributed by atoms with E-state index in [-0.39, 0.29) is 0 Å². The van der Waals surface area contributed by atoms with E-state index in [1.54, 1.807) is 0 Å². The van der Waals surface area contributed by atoms with E-state index >= 15 is 0 Å². The number of hydrogen-bond acceptors (Lipinski definition) is 1. The number of likely N-dealkylation sites (N-methyl/N-ethyl adjacent to an activating group) is 1. The van der Waals surface area contributed by atoms with E-state index in [4.69, 9.17) is 0 Å². The Morgan fingerprint density at radius 2 is 1.70 bits per heavy atom. The van der Waals surface area contributed by atoms with Gasteiger partial charge in [-0.05, 0) is 69.0 Å². The summed E-state index contributed by atoms with van der Waals surface area (Å²) in [5.74, 6) is 0. The molecule has 1 nitrogen and oxygen atoms in total. The molecule has 0 radical (unpaired) electrons. The first-order valence-electron chi connectivity index (χ1n) is 7.32. The molecule has 20 heavy (non-hydrogen) atoms. The van der Waals surface area contributed by atoms with Gasteiger partial charge in [-0.25, -0.2) is 0 Å². The highest BCUT2D eigenvalue weighted by Gasteiger charge is 2.14. The highest BCUT2D eigenvalue weighted by Crippen LogP contribution is 2.25. The van der Waals surface area contributed by atoms with E-state index in [1.807, 2.05) is 0 Å². The van der Waals surface area contributed by atoms with E-state index < -0.39 is 0 Å². The Morgan fingerprint density at radius 1 is 0.950 bits per heavy atom. The SMILES string of the molecule is CNC(Cc1cc(C)ccc1C)c1cccc(C)c1C. The molecule has 0 amide bonds. The van der Waals surface area contributed by atoms with Gasteiger partial charge in [0.25, 0.3) is 0 Å². The molecular weight excluding hydrogens is 242 g/mol. The maximum absolute atomic E-state index is 3.48. The molecule has 0 bridgehead atoms. The van der Waals surface area contributed by atoms with Gasteiger partial charge < -0.3 is 5.32 Å². The lowest BCUT2D eigenvalue weighted by atomic mass is 9.91. The zero-order chi connectivity index (χ0) is 14.7. The van der Waals surface area contributed by atoms with Gasteiger partial charge in [0.2, 0.25) is 0 Å². The van der Waals surface area contributed by atoms with Crippen molar-refractivity contribution in [1.29, 1.82) is 0 Å². The molecule has 1 atom stereocenters. The van der Waals surface area contributed by atoms with Gasteiger partial charge in [0.05, 0.1) is 0 Å². The predicted octanol–water partition coefficient (Wildman–Crippen LogP) is 4.42. The summed E-state index contributed by atoms with van der Waals surface area (Å²) < 4.78 is 0. The maximum atomic E-state index is 3.48. The Bertz CT molecular complexity index is 599. The summed E-state index contributed by atoms with van der Waals surface area (Å²) in [5, 5.41) is 3.48. The summed E-state index contributed by atoms with van der Waals surface area (Å²) in [6.45, 7) is 8.77. The van der Waals surface area contributed by atoms with Crippen molar-refractivity contribution in [1.82, 2.24) is 5.32 Å². The Balaban J connectivity index is 2.34. The van der Waals surface area contributed by atoms with Crippen LogP contribution in [0.3, 0.4) is 0 Å². The number of aryl methyl sites for hydroxylation is 3. The van der Waals surface area contributed by atoms with Crippen LogP contribution >= 0.6 is 0 Å². The molecule has 0 spiro atoms. The molecule has 0 aliphatic heterocycles. The molecule has 2 aromatic carbocycles. The minimum Gasteiger partial charge on any atom is -0.313 e. The predicted molar refractivity (Wildman–Crippen MR) is 87.3 cm³/mol. The quantitative estimate of drug-likeness (QED) is 0.864. The third kappa shape index (κ3) is 3.10. The molecule has 0 aliphatic carbocycles. The van der Waals surface area contributed by atoms with Crippen LogP contribution in [0.2, 0.25) is 0 Å². The Morgan fingerprint density at radius 3 is 2.40 bits per heavy atom. The van der Waals surface area contributed by atoms with Crippen LogP contribution in [0.25, 0.3) is 0 Å². The van der Waals surface area contributed by atoms with Crippen LogP contribution in [0.5, 0.6) is 0 Å². The first-order valence-corrected chi connectivity index (χ1v) is 7.32. The smallest absolute Gasteiger partial charge is 0.0361 e. The van der Waals surface area contributed by atoms with Crippen LogP contribution in [-0.4, -0.2) is 7.05 Å². The van der Waals surface area contributed by atoms with Crippen molar-refractivity contribution in [2.75, 3.05) is 7.05 Å². The molecule has 2 rings (SSSR count). The summed E-state index contributed by atoms with van der Waals surface area (Å²) in [6, 6.07) is 13.7. The molecule has 0 heterocycles. The monoisotopic (exact) mass is 267 g/mol. The molecular formula is C19H25N. The van der Waals surface area contributed by atoms with E-state index in [1.165, 1.54) is 33.4 Å². The molecule has 0 saturated heterocycles. The molecule has 0 saturated carbocycles. The summed E-state index contributed by atoms with van der Waals surface area (Å²) in [4.78, 5) is 0. The Kier molecular flexibility index (Phi) is 4.61. The standard InChI is InChI=1S/C19H25N/c1-13-9-10-15(3)17(11-13)12-19(20-5)18-8-6-7-14(2)16(18)4/h6-11,19-20H,12H2,1-5H3. The van der Waals surface area contributed by atoms with Crippen LogP contribution in [0.15, 0.2) is 36.4 Å². The fourth-order valence-electron chi connectivity index (χ4n) is 2.76. The highest BCUT2D eigenvalue weighted by molar-refractivity contribution is 5.38. The molecule has 1 N–H and O–H groups in total. The van der Waals surface area contributed by atoms with Crippen molar-refractivity contribution in [3.05, 3.63) is 69.8 Å². The lowest BCUT2D eigenvalue weighted by Crippen LogP contribution is -2.20. The normalized spacial score (nSPS) is 12.4. The second-order valence-corrected chi connectivity index (χ2v) is 5.76. The lowest BCUT2D eigenvalue weighted by Gasteiger charge is -2.21. The molecule has 1 heteroatoms. The Hall–Kier alpha value is -1.60. The van der Waals surface area contributed by atoms with Gasteiger partial charge in [-0.2, -0.15) is 0 Å². The summed E-state index contributed by atoms with van der Waals surface area (Å²) >= 11 is 0. The fourth-order valence-corrected chi connectivity index (χ4v) is 2.76. The Labute approximate surface area is 123 Å². The van der Waals surface area contributed by atoms with Crippen LogP contribution in [0, 0.1) is 27.7 Å². The largest absolute Gasteiger partial charge is 0.313 e. The van der Waals surface area contributed by atoms with Crippen LogP contribution in [-0.2, 0) is 6.42 Å². The minimum atomic E-state index is 0.371. The topological polar surface area (TPSA) is 12.0 Å². The van der Waals surface area contributed by atoms with E-state index in [0.29, 0.717) is 6.04 Å². The molecule has 1 unspecified atom stereocenters. The van der Waals surface area contributed by atoms with Crippen LogP contribution < -0.4 is 5.32 Å². The summed E-state index contributed by atoms with van der Waals surface area (Å²) in [6.07, 6.45) is 1.04. The highest BCUT2D eigenvalue weighted by atomic mass is 14.9. The van der Waals surface area contributed by atoms with Crippen molar-refractivity contribution < 1.29 is 0 Å². The molecule has 106 valence electrons.